The van der Waals surface area contributed by atoms with Crippen molar-refractivity contribution in [1.29, 1.82) is 0 Å². The number of hydrogen-bond acceptors (Lipinski definition) is 5. The van der Waals surface area contributed by atoms with Gasteiger partial charge < -0.3 is 29.3 Å². The number of aromatic nitrogens is 1. The van der Waals surface area contributed by atoms with Crippen LogP contribution in [0.15, 0.2) is 36.4 Å². The van der Waals surface area contributed by atoms with Crippen LogP contribution < -0.4 is 14.6 Å². The second-order valence-electron chi connectivity index (χ2n) is 6.98. The molecule has 0 fully saturated rings. The number of carboxylic acid groups (broad SMARTS) is 1. The molecule has 1 aromatic heterocycles. The lowest BCUT2D eigenvalue weighted by molar-refractivity contribution is -0.311. The maximum Gasteiger partial charge on any atom is 0.259 e. The van der Waals surface area contributed by atoms with Gasteiger partial charge in [-0.25, -0.2) is 0 Å². The molecular formula is C21H17N2O5-. The van der Waals surface area contributed by atoms with Crippen LogP contribution in [-0.4, -0.2) is 42.0 Å². The molecule has 28 heavy (non-hydrogen) atoms. The third kappa shape index (κ3) is 1.98. The van der Waals surface area contributed by atoms with Crippen molar-refractivity contribution in [3.63, 3.8) is 0 Å². The number of fused-ring (bicyclic) bond motifs is 7. The van der Waals surface area contributed by atoms with Crippen molar-refractivity contribution in [3.05, 3.63) is 58.8 Å². The highest BCUT2D eigenvalue weighted by atomic mass is 16.5. The van der Waals surface area contributed by atoms with Crippen LogP contribution in [0.25, 0.3) is 10.9 Å². The molecule has 2 aliphatic heterocycles. The van der Waals surface area contributed by atoms with Gasteiger partial charge >= 0.3 is 0 Å². The van der Waals surface area contributed by atoms with Gasteiger partial charge in [0.05, 0.1) is 37.8 Å². The molecule has 3 heterocycles. The van der Waals surface area contributed by atoms with Crippen molar-refractivity contribution in [2.24, 2.45) is 0 Å². The van der Waals surface area contributed by atoms with E-state index in [0.717, 1.165) is 22.2 Å². The number of carboxylic acids is 1. The molecule has 2 atom stereocenters. The quantitative estimate of drug-likeness (QED) is 0.745. The van der Waals surface area contributed by atoms with Gasteiger partial charge in [-0.05, 0) is 23.3 Å². The van der Waals surface area contributed by atoms with Crippen LogP contribution in [0.5, 0.6) is 11.5 Å². The van der Waals surface area contributed by atoms with Gasteiger partial charge in [0.25, 0.3) is 5.91 Å². The number of aliphatic carboxylic acids is 1. The number of benzene rings is 2. The molecule has 7 nitrogen and oxygen atoms in total. The van der Waals surface area contributed by atoms with E-state index >= 15 is 0 Å². The molecule has 1 N–H and O–H groups in total. The Labute approximate surface area is 160 Å². The topological polar surface area (TPSA) is 94.7 Å². The molecule has 0 unspecified atom stereocenters. The summed E-state index contributed by atoms with van der Waals surface area (Å²) in [4.78, 5) is 30.1. The zero-order valence-electron chi connectivity index (χ0n) is 15.3. The number of para-hydroxylation sites is 1. The summed E-state index contributed by atoms with van der Waals surface area (Å²) in [5.74, 6) is -0.923. The van der Waals surface area contributed by atoms with Gasteiger partial charge in [0.2, 0.25) is 0 Å². The maximum absolute atomic E-state index is 13.3. The predicted octanol–water partition coefficient (Wildman–Crippen LogP) is 1.40. The average molecular weight is 377 g/mol. The molecule has 0 radical (unpaired) electrons. The minimum Gasteiger partial charge on any atom is -0.548 e. The van der Waals surface area contributed by atoms with E-state index in [-0.39, 0.29) is 6.42 Å². The first-order valence-corrected chi connectivity index (χ1v) is 8.94. The Hall–Kier alpha value is -3.48. The van der Waals surface area contributed by atoms with Crippen molar-refractivity contribution >= 4 is 22.8 Å². The lowest BCUT2D eigenvalue weighted by Crippen LogP contribution is -2.53. The number of amides is 1. The SMILES string of the molecule is COc1ccc2c(c1OC)C(=O)N1[C@@H]2c2[nH]c3ccccc3c2C[C@@H]1C(=O)[O-]. The van der Waals surface area contributed by atoms with Gasteiger partial charge in [-0.2, -0.15) is 0 Å². The summed E-state index contributed by atoms with van der Waals surface area (Å²) in [6.45, 7) is 0. The minimum atomic E-state index is -1.27. The number of aromatic amines is 1. The largest absolute Gasteiger partial charge is 0.548 e. The van der Waals surface area contributed by atoms with Crippen molar-refractivity contribution in [1.82, 2.24) is 9.88 Å². The lowest BCUT2D eigenvalue weighted by Gasteiger charge is -2.38. The Kier molecular flexibility index (Phi) is 3.43. The highest BCUT2D eigenvalue weighted by molar-refractivity contribution is 6.05. The Balaban J connectivity index is 1.82. The van der Waals surface area contributed by atoms with E-state index in [0.29, 0.717) is 22.6 Å². The molecule has 2 aliphatic rings. The Morgan fingerprint density at radius 3 is 2.68 bits per heavy atom. The van der Waals surface area contributed by atoms with Crippen LogP contribution in [0, 0.1) is 0 Å². The van der Waals surface area contributed by atoms with E-state index in [1.165, 1.54) is 19.1 Å². The van der Waals surface area contributed by atoms with E-state index in [4.69, 9.17) is 9.47 Å². The molecule has 0 spiro atoms. The highest BCUT2D eigenvalue weighted by Gasteiger charge is 2.49. The maximum atomic E-state index is 13.3. The van der Waals surface area contributed by atoms with Crippen molar-refractivity contribution in [2.75, 3.05) is 14.2 Å². The molecular weight excluding hydrogens is 360 g/mol. The van der Waals surface area contributed by atoms with Gasteiger partial charge in [-0.3, -0.25) is 4.79 Å². The number of nitrogens with zero attached hydrogens (tertiary/aromatic N) is 1. The predicted molar refractivity (Wildman–Crippen MR) is 98.4 cm³/mol. The van der Waals surface area contributed by atoms with E-state index in [9.17, 15) is 14.7 Å². The second kappa shape index (κ2) is 5.76. The zero-order chi connectivity index (χ0) is 19.6. The average Bonchev–Trinajstić information content (AvgIpc) is 3.22. The summed E-state index contributed by atoms with van der Waals surface area (Å²) in [6.07, 6.45) is 0.192. The molecule has 7 heteroatoms. The van der Waals surface area contributed by atoms with Crippen LogP contribution in [0.2, 0.25) is 0 Å². The van der Waals surface area contributed by atoms with Gasteiger partial charge in [-0.1, -0.05) is 24.3 Å². The van der Waals surface area contributed by atoms with Crippen LogP contribution in [0.1, 0.15) is 33.2 Å². The normalized spacial score (nSPS) is 19.9. The summed E-state index contributed by atoms with van der Waals surface area (Å²) in [6, 6.07) is 9.66. The Bertz CT molecular complexity index is 1150. The Morgan fingerprint density at radius 2 is 1.96 bits per heavy atom. The van der Waals surface area contributed by atoms with Gasteiger partial charge in [0, 0.05) is 23.0 Å². The number of carbonyl (C=O) groups excluding carboxylic acids is 2. The van der Waals surface area contributed by atoms with Crippen LogP contribution in [0.3, 0.4) is 0 Å². The second-order valence-corrected chi connectivity index (χ2v) is 6.98. The zero-order valence-corrected chi connectivity index (χ0v) is 15.3. The number of ether oxygens (including phenoxy) is 2. The summed E-state index contributed by atoms with van der Waals surface area (Å²) in [7, 11) is 2.96. The van der Waals surface area contributed by atoms with Crippen molar-refractivity contribution < 1.29 is 24.2 Å². The summed E-state index contributed by atoms with van der Waals surface area (Å²) < 4.78 is 10.8. The van der Waals surface area contributed by atoms with Gasteiger partial charge in [0.1, 0.15) is 0 Å². The van der Waals surface area contributed by atoms with Crippen molar-refractivity contribution in [3.8, 4) is 11.5 Å². The highest BCUT2D eigenvalue weighted by Crippen LogP contribution is 2.50. The van der Waals surface area contributed by atoms with Gasteiger partial charge in [-0.15, -0.1) is 0 Å². The molecule has 1 amide bonds. The number of carbonyl (C=O) groups is 2. The number of nitrogens with one attached hydrogen (secondary N) is 1. The number of methoxy groups -OCH3 is 2. The summed E-state index contributed by atoms with van der Waals surface area (Å²) >= 11 is 0. The third-order valence-electron chi connectivity index (χ3n) is 5.72. The first-order valence-electron chi connectivity index (χ1n) is 8.94. The van der Waals surface area contributed by atoms with Crippen LogP contribution >= 0.6 is 0 Å². The number of H-pyrrole nitrogens is 1. The monoisotopic (exact) mass is 377 g/mol. The van der Waals surface area contributed by atoms with Crippen LogP contribution in [0.4, 0.5) is 0 Å². The first-order chi connectivity index (χ1) is 13.6. The van der Waals surface area contributed by atoms with Crippen molar-refractivity contribution in [2.45, 2.75) is 18.5 Å². The van der Waals surface area contributed by atoms with E-state index in [2.05, 4.69) is 4.98 Å². The fraction of sp³-hybridized carbons (Fsp3) is 0.238. The minimum absolute atomic E-state index is 0.192. The van der Waals surface area contributed by atoms with E-state index in [1.807, 2.05) is 24.3 Å². The summed E-state index contributed by atoms with van der Waals surface area (Å²) in [5, 5.41) is 12.9. The molecule has 142 valence electrons. The Morgan fingerprint density at radius 1 is 1.18 bits per heavy atom. The molecule has 0 aliphatic carbocycles. The molecule has 2 aromatic carbocycles. The third-order valence-corrected chi connectivity index (χ3v) is 5.72. The first kappa shape index (κ1) is 16.7. The number of hydrogen-bond donors (Lipinski definition) is 1. The molecule has 3 aromatic rings. The molecule has 0 saturated carbocycles. The molecule has 0 saturated heterocycles. The molecule has 0 bridgehead atoms. The van der Waals surface area contributed by atoms with Crippen LogP contribution in [-0.2, 0) is 11.2 Å². The van der Waals surface area contributed by atoms with E-state index < -0.39 is 24.0 Å². The smallest absolute Gasteiger partial charge is 0.259 e. The molecule has 5 rings (SSSR count). The summed E-state index contributed by atoms with van der Waals surface area (Å²) in [5.41, 5.74) is 3.68. The standard InChI is InChI=1S/C21H18N2O5/c1-27-15-8-7-11-16(19(15)28-2)20(24)23-14(21(25)26)9-12-10-5-3-4-6-13(10)22-17(12)18(11)23/h3-8,14,18,22H,9H2,1-2H3,(H,25,26)/p-1/t14-,18+/m1/s1. The number of rotatable bonds is 3. The van der Waals surface area contributed by atoms with Gasteiger partial charge in [0.15, 0.2) is 11.5 Å². The lowest BCUT2D eigenvalue weighted by atomic mass is 9.90. The van der Waals surface area contributed by atoms with E-state index in [1.54, 1.807) is 12.1 Å². The fourth-order valence-corrected chi connectivity index (χ4v) is 4.57. The fourth-order valence-electron chi connectivity index (χ4n) is 4.57.